The third-order valence-corrected chi connectivity index (χ3v) is 5.98. The van der Waals surface area contributed by atoms with Gasteiger partial charge in [-0.15, -0.1) is 0 Å². The maximum atomic E-state index is 8.51. The molecule has 0 aliphatic heterocycles. The largest absolute Gasteiger partial charge is 0.491 e. The number of aryl methyl sites for hydroxylation is 1. The van der Waals surface area contributed by atoms with Crippen LogP contribution in [0.5, 0.6) is 0 Å². The first-order chi connectivity index (χ1) is 15.5. The number of rotatable bonds is 5. The summed E-state index contributed by atoms with van der Waals surface area (Å²) in [6.45, 7) is 9.05. The molecule has 2 aromatic rings. The van der Waals surface area contributed by atoms with Crippen LogP contribution in [0.1, 0.15) is 49.8 Å². The molecule has 0 aromatic heterocycles. The fraction of sp³-hybridized carbons (Fsp3) is 0.241. The molecule has 0 saturated carbocycles. The molecule has 0 fully saturated rings. The van der Waals surface area contributed by atoms with Crippen molar-refractivity contribution in [2.24, 2.45) is 0 Å². The van der Waals surface area contributed by atoms with Crippen LogP contribution in [0.4, 0.5) is 0 Å². The van der Waals surface area contributed by atoms with Gasteiger partial charge in [0, 0.05) is 0 Å². The smallest absolute Gasteiger partial charge is 0.162 e. The van der Waals surface area contributed by atoms with E-state index in [1.54, 1.807) is 0 Å². The van der Waals surface area contributed by atoms with Gasteiger partial charge >= 0.3 is 8.69 Å². The van der Waals surface area contributed by atoms with Crippen molar-refractivity contribution in [1.82, 2.24) is 0 Å². The van der Waals surface area contributed by atoms with E-state index in [2.05, 4.69) is 107 Å². The Labute approximate surface area is 193 Å². The van der Waals surface area contributed by atoms with Crippen molar-refractivity contribution in [3.8, 4) is 33.4 Å². The van der Waals surface area contributed by atoms with Crippen molar-refractivity contribution in [1.29, 1.82) is 0 Å². The van der Waals surface area contributed by atoms with Gasteiger partial charge in [-0.25, -0.2) is 0 Å². The molecule has 2 nitrogen and oxygen atoms in total. The molecule has 2 aliphatic rings. The summed E-state index contributed by atoms with van der Waals surface area (Å²) in [7, 11) is -1.17. The monoisotopic (exact) mass is 443 g/mol. The maximum absolute atomic E-state index is 8.51. The van der Waals surface area contributed by atoms with E-state index in [1.165, 1.54) is 50.1 Å². The first-order valence-electron chi connectivity index (χ1n) is 11.2. The molecule has 0 radical (unpaired) electrons. The number of benzene rings is 2. The fourth-order valence-corrected chi connectivity index (χ4v) is 4.35. The van der Waals surface area contributed by atoms with Crippen LogP contribution in [0.15, 0.2) is 78.9 Å². The van der Waals surface area contributed by atoms with Crippen LogP contribution >= 0.6 is 8.69 Å². The second kappa shape index (κ2) is 11.2. The predicted octanol–water partition coefficient (Wildman–Crippen LogP) is 8.43. The molecule has 0 saturated heterocycles. The zero-order valence-electron chi connectivity index (χ0n) is 19.4. The Kier molecular flexibility index (Phi) is 8.33. The minimum atomic E-state index is -1.17. The minimum absolute atomic E-state index is 0.513. The summed E-state index contributed by atoms with van der Waals surface area (Å²) < 4.78 is 8.51. The standard InChI is InChI=1S/C29H30.HO2P/c1-5-10-25-24(22-11-7-6-8-12-22)13-9-14-26(25)27-18-16-23(20(2)3)19-29-21(4)15-17-28(27)29;1-3-2/h6-9,11-20H,5,10H2,1-4H3;3H/p+1. The summed E-state index contributed by atoms with van der Waals surface area (Å²) in [4.78, 5) is 7.04. The Morgan fingerprint density at radius 2 is 1.41 bits per heavy atom. The highest BCUT2D eigenvalue weighted by Gasteiger charge is 2.17. The van der Waals surface area contributed by atoms with Crippen molar-refractivity contribution in [3.63, 3.8) is 0 Å². The Morgan fingerprint density at radius 1 is 0.781 bits per heavy atom. The van der Waals surface area contributed by atoms with E-state index in [4.69, 9.17) is 9.46 Å². The van der Waals surface area contributed by atoms with Crippen molar-refractivity contribution >= 4 is 8.69 Å². The van der Waals surface area contributed by atoms with Gasteiger partial charge in [0.25, 0.3) is 0 Å². The summed E-state index contributed by atoms with van der Waals surface area (Å²) in [6.07, 6.45) is 2.22. The highest BCUT2D eigenvalue weighted by Crippen LogP contribution is 2.41. The van der Waals surface area contributed by atoms with E-state index in [1.807, 2.05) is 0 Å². The SMILES string of the molecule is CCCc1c(-c2ccccc2)cccc1-c1ccc(C(C)C)cc2c(C)ccc1-2.O=[PH+]O. The highest BCUT2D eigenvalue weighted by atomic mass is 31.1. The van der Waals surface area contributed by atoms with E-state index < -0.39 is 8.69 Å². The average Bonchev–Trinajstić information content (AvgIpc) is 3.03. The lowest BCUT2D eigenvalue weighted by atomic mass is 9.88. The average molecular weight is 444 g/mol. The summed E-state index contributed by atoms with van der Waals surface area (Å²) in [5, 5.41) is 0. The normalized spacial score (nSPS) is 10.9. The van der Waals surface area contributed by atoms with Crippen LogP contribution in [0.2, 0.25) is 0 Å². The van der Waals surface area contributed by atoms with Gasteiger partial charge < -0.3 is 0 Å². The van der Waals surface area contributed by atoms with Crippen molar-refractivity contribution in [2.75, 3.05) is 0 Å². The van der Waals surface area contributed by atoms with E-state index >= 15 is 0 Å². The molecule has 1 atom stereocenters. The summed E-state index contributed by atoms with van der Waals surface area (Å²) >= 11 is 0. The van der Waals surface area contributed by atoms with Crippen LogP contribution in [0.25, 0.3) is 33.4 Å². The van der Waals surface area contributed by atoms with Gasteiger partial charge in [-0.2, -0.15) is 4.89 Å². The number of fused-ring (bicyclic) bond motifs is 1. The molecule has 1 N–H and O–H groups in total. The van der Waals surface area contributed by atoms with Gasteiger partial charge in [0.05, 0.1) is 0 Å². The molecule has 164 valence electrons. The fourth-order valence-electron chi connectivity index (χ4n) is 4.35. The Bertz CT molecular complexity index is 1150. The van der Waals surface area contributed by atoms with E-state index in [0.29, 0.717) is 5.92 Å². The van der Waals surface area contributed by atoms with Gasteiger partial charge in [-0.1, -0.05) is 106 Å². The van der Waals surface area contributed by atoms with Crippen LogP contribution in [0.3, 0.4) is 0 Å². The second-order valence-corrected chi connectivity index (χ2v) is 8.61. The predicted molar refractivity (Wildman–Crippen MR) is 138 cm³/mol. The van der Waals surface area contributed by atoms with E-state index in [-0.39, 0.29) is 0 Å². The van der Waals surface area contributed by atoms with Crippen LogP contribution in [-0.4, -0.2) is 4.89 Å². The minimum Gasteiger partial charge on any atom is -0.162 e. The zero-order chi connectivity index (χ0) is 23.1. The lowest BCUT2D eigenvalue weighted by Gasteiger charge is -2.16. The van der Waals surface area contributed by atoms with Gasteiger partial charge in [0.1, 0.15) is 0 Å². The summed E-state index contributed by atoms with van der Waals surface area (Å²) in [6, 6.07) is 29.2. The van der Waals surface area contributed by atoms with Gasteiger partial charge in [0.15, 0.2) is 0 Å². The van der Waals surface area contributed by atoms with Gasteiger partial charge in [-0.05, 0) is 73.9 Å². The van der Waals surface area contributed by atoms with Crippen molar-refractivity contribution in [2.45, 2.75) is 46.5 Å². The molecule has 0 amide bonds. The molecular weight excluding hydrogens is 411 g/mol. The molecule has 32 heavy (non-hydrogen) atoms. The summed E-state index contributed by atoms with van der Waals surface area (Å²) in [5.41, 5.74) is 12.3. The lowest BCUT2D eigenvalue weighted by Crippen LogP contribution is -1.95. The van der Waals surface area contributed by atoms with E-state index in [0.717, 1.165) is 12.8 Å². The summed E-state index contributed by atoms with van der Waals surface area (Å²) in [5.74, 6) is 0.513. The molecule has 3 heteroatoms. The van der Waals surface area contributed by atoms with Crippen LogP contribution < -0.4 is 0 Å². The Hall–Kier alpha value is -2.80. The number of hydrogen-bond acceptors (Lipinski definition) is 1. The lowest BCUT2D eigenvalue weighted by molar-refractivity contribution is 0.524. The van der Waals surface area contributed by atoms with Crippen LogP contribution in [-0.2, 0) is 11.0 Å². The quantitative estimate of drug-likeness (QED) is 0.314. The van der Waals surface area contributed by atoms with Crippen molar-refractivity contribution in [3.05, 3.63) is 95.6 Å². The van der Waals surface area contributed by atoms with Crippen molar-refractivity contribution < 1.29 is 9.46 Å². The first kappa shape index (κ1) is 23.9. The molecule has 2 aromatic carbocycles. The first-order valence-corrected chi connectivity index (χ1v) is 12.1. The zero-order valence-corrected chi connectivity index (χ0v) is 20.4. The Morgan fingerprint density at radius 3 is 2.06 bits per heavy atom. The highest BCUT2D eigenvalue weighted by molar-refractivity contribution is 7.16. The third-order valence-electron chi connectivity index (χ3n) is 5.98. The van der Waals surface area contributed by atoms with Gasteiger partial charge in [0.2, 0.25) is 0 Å². The molecule has 0 spiro atoms. The third kappa shape index (κ3) is 5.15. The molecule has 0 heterocycles. The van der Waals surface area contributed by atoms with Gasteiger partial charge in [-0.3, -0.25) is 0 Å². The number of hydrogen-bond donors (Lipinski definition) is 1. The maximum Gasteiger partial charge on any atom is 0.491 e. The Balaban J connectivity index is 0.000000913. The second-order valence-electron chi connectivity index (χ2n) is 8.43. The molecule has 4 rings (SSSR count). The molecule has 2 aliphatic carbocycles. The molecule has 0 bridgehead atoms. The molecular formula is C29H32O2P+. The topological polar surface area (TPSA) is 37.3 Å². The van der Waals surface area contributed by atoms with E-state index in [9.17, 15) is 0 Å². The molecule has 1 unspecified atom stereocenters. The van der Waals surface area contributed by atoms with Crippen LogP contribution in [0, 0.1) is 6.92 Å².